The van der Waals surface area contributed by atoms with Crippen molar-refractivity contribution in [2.24, 2.45) is 0 Å². The van der Waals surface area contributed by atoms with Gasteiger partial charge in [0.1, 0.15) is 0 Å². The Balaban J connectivity index is 0.000000730. The van der Waals surface area contributed by atoms with Gasteiger partial charge in [0.15, 0.2) is 18.1 Å². The van der Waals surface area contributed by atoms with E-state index in [0.717, 1.165) is 44.0 Å². The first-order valence-electron chi connectivity index (χ1n) is 13.6. The Morgan fingerprint density at radius 3 is 2.26 bits per heavy atom. The first-order chi connectivity index (χ1) is 20.3. The van der Waals surface area contributed by atoms with Crippen molar-refractivity contribution >= 4 is 23.5 Å². The summed E-state index contributed by atoms with van der Waals surface area (Å²) in [6.07, 6.45) is 0.152. The van der Waals surface area contributed by atoms with Gasteiger partial charge < -0.3 is 35.1 Å². The van der Waals surface area contributed by atoms with Crippen molar-refractivity contribution in [2.45, 2.75) is 26.1 Å². The number of hydrogen-bond donors (Lipinski definition) is 4. The zero-order chi connectivity index (χ0) is 30.2. The number of nitrogens with zero attached hydrogens (tertiary/aromatic N) is 1. The van der Waals surface area contributed by atoms with Gasteiger partial charge in [0.05, 0.1) is 19.3 Å². The number of para-hydroxylation sites is 1. The topological polar surface area (TPSA) is 147 Å². The number of aliphatic carboxylic acids is 2. The molecule has 224 valence electrons. The lowest BCUT2D eigenvalue weighted by atomic mass is 10.1. The third kappa shape index (κ3) is 11.6. The Morgan fingerprint density at radius 1 is 0.905 bits per heavy atom. The first kappa shape index (κ1) is 32.1. The van der Waals surface area contributed by atoms with Gasteiger partial charge in [0, 0.05) is 38.4 Å². The molecule has 1 amide bonds. The van der Waals surface area contributed by atoms with Gasteiger partial charge in [-0.2, -0.15) is 0 Å². The quantitative estimate of drug-likeness (QED) is 0.236. The van der Waals surface area contributed by atoms with Crippen molar-refractivity contribution < 1.29 is 38.8 Å². The number of hydrogen-bond acceptors (Lipinski definition) is 8. The number of nitrogens with one attached hydrogen (secondary N) is 2. The largest absolute Gasteiger partial charge is 0.490 e. The maximum Gasteiger partial charge on any atom is 0.414 e. The van der Waals surface area contributed by atoms with Crippen LogP contribution in [0.2, 0.25) is 0 Å². The predicted molar refractivity (Wildman–Crippen MR) is 157 cm³/mol. The highest BCUT2D eigenvalue weighted by Gasteiger charge is 2.20. The summed E-state index contributed by atoms with van der Waals surface area (Å²) >= 11 is 0. The SMILES string of the molecule is CCOc1cc(CNCC2CN(Cc3ccccc3)CCO2)ccc1OCC(=O)Nc1ccccc1.O=C(O)C(=O)O. The molecule has 0 radical (unpaired) electrons. The molecule has 1 atom stereocenters. The van der Waals surface area contributed by atoms with Gasteiger partial charge in [-0.3, -0.25) is 9.69 Å². The number of carbonyl (C=O) groups excluding carboxylic acids is 1. The molecule has 0 aliphatic carbocycles. The lowest BCUT2D eigenvalue weighted by molar-refractivity contribution is -0.159. The van der Waals surface area contributed by atoms with Crippen LogP contribution in [0, 0.1) is 0 Å². The van der Waals surface area contributed by atoms with E-state index in [-0.39, 0.29) is 18.6 Å². The monoisotopic (exact) mass is 579 g/mol. The molecule has 4 N–H and O–H groups in total. The summed E-state index contributed by atoms with van der Waals surface area (Å²) in [5.74, 6) is -2.68. The Hall–Kier alpha value is -4.45. The molecule has 0 spiro atoms. The molecule has 0 bridgehead atoms. The molecule has 4 rings (SSSR count). The summed E-state index contributed by atoms with van der Waals surface area (Å²) in [6.45, 7) is 7.36. The number of carboxylic acids is 2. The average molecular weight is 580 g/mol. The number of benzene rings is 3. The lowest BCUT2D eigenvalue weighted by Gasteiger charge is -2.33. The summed E-state index contributed by atoms with van der Waals surface area (Å²) in [5.41, 5.74) is 3.15. The molecule has 1 aliphatic rings. The van der Waals surface area contributed by atoms with Crippen LogP contribution in [0.15, 0.2) is 78.9 Å². The van der Waals surface area contributed by atoms with Gasteiger partial charge >= 0.3 is 11.9 Å². The molecule has 11 nitrogen and oxygen atoms in total. The van der Waals surface area contributed by atoms with E-state index >= 15 is 0 Å². The van der Waals surface area contributed by atoms with Crippen molar-refractivity contribution in [1.82, 2.24) is 10.2 Å². The van der Waals surface area contributed by atoms with Crippen molar-refractivity contribution in [3.05, 3.63) is 90.0 Å². The second-order valence-corrected chi connectivity index (χ2v) is 9.37. The van der Waals surface area contributed by atoms with Crippen molar-refractivity contribution in [1.29, 1.82) is 0 Å². The molecular weight excluding hydrogens is 542 g/mol. The minimum Gasteiger partial charge on any atom is -0.490 e. The Bertz CT molecular complexity index is 1260. The highest BCUT2D eigenvalue weighted by Crippen LogP contribution is 2.28. The maximum atomic E-state index is 12.2. The number of anilines is 1. The molecule has 42 heavy (non-hydrogen) atoms. The van der Waals surface area contributed by atoms with E-state index < -0.39 is 11.9 Å². The Kier molecular flexibility index (Phi) is 13.3. The van der Waals surface area contributed by atoms with E-state index in [2.05, 4.69) is 39.8 Å². The fourth-order valence-electron chi connectivity index (χ4n) is 4.18. The van der Waals surface area contributed by atoms with Gasteiger partial charge in [-0.25, -0.2) is 9.59 Å². The van der Waals surface area contributed by atoms with Gasteiger partial charge in [-0.1, -0.05) is 54.6 Å². The van der Waals surface area contributed by atoms with Crippen LogP contribution in [-0.4, -0.2) is 78.5 Å². The van der Waals surface area contributed by atoms with Crippen molar-refractivity contribution in [2.75, 3.05) is 44.8 Å². The van der Waals surface area contributed by atoms with Crippen LogP contribution < -0.4 is 20.1 Å². The third-order valence-corrected chi connectivity index (χ3v) is 6.08. The molecule has 1 saturated heterocycles. The van der Waals surface area contributed by atoms with Gasteiger partial charge in [-0.05, 0) is 42.3 Å². The Morgan fingerprint density at radius 2 is 1.60 bits per heavy atom. The fraction of sp³-hybridized carbons (Fsp3) is 0.323. The number of amides is 1. The number of carboxylic acid groups (broad SMARTS) is 2. The summed E-state index contributed by atoms with van der Waals surface area (Å²) in [6, 6.07) is 25.7. The van der Waals surface area contributed by atoms with Crippen LogP contribution in [0.3, 0.4) is 0 Å². The number of rotatable bonds is 12. The minimum absolute atomic E-state index is 0.0922. The van der Waals surface area contributed by atoms with Gasteiger partial charge in [-0.15, -0.1) is 0 Å². The van der Waals surface area contributed by atoms with E-state index in [0.29, 0.717) is 24.7 Å². The molecule has 3 aromatic carbocycles. The number of ether oxygens (including phenoxy) is 3. The second-order valence-electron chi connectivity index (χ2n) is 9.37. The minimum atomic E-state index is -1.82. The van der Waals surface area contributed by atoms with Gasteiger partial charge in [0.25, 0.3) is 5.91 Å². The molecule has 1 aliphatic heterocycles. The number of carbonyl (C=O) groups is 3. The van der Waals surface area contributed by atoms with Crippen LogP contribution in [0.4, 0.5) is 5.69 Å². The summed E-state index contributed by atoms with van der Waals surface area (Å²) < 4.78 is 17.5. The highest BCUT2D eigenvalue weighted by atomic mass is 16.5. The van der Waals surface area contributed by atoms with E-state index in [1.165, 1.54) is 5.56 Å². The van der Waals surface area contributed by atoms with E-state index in [1.807, 2.05) is 61.5 Å². The van der Waals surface area contributed by atoms with E-state index in [1.54, 1.807) is 0 Å². The van der Waals surface area contributed by atoms with Gasteiger partial charge in [0.2, 0.25) is 0 Å². The zero-order valence-corrected chi connectivity index (χ0v) is 23.5. The molecule has 0 aromatic heterocycles. The van der Waals surface area contributed by atoms with Crippen LogP contribution >= 0.6 is 0 Å². The smallest absolute Gasteiger partial charge is 0.414 e. The lowest BCUT2D eigenvalue weighted by Crippen LogP contribution is -2.46. The number of morpholine rings is 1. The molecule has 1 fully saturated rings. The standard InChI is InChI=1S/C29H35N3O4.C2H2O4/c1-2-34-28-17-24(13-14-27(28)36-22-29(33)31-25-11-7-4-8-12-25)18-30-19-26-21-32(15-16-35-26)20-23-9-5-3-6-10-23;3-1(4)2(5)6/h3-14,17,26,30H,2,15-16,18-22H2,1H3,(H,31,33);(H,3,4)(H,5,6). The third-order valence-electron chi connectivity index (χ3n) is 6.08. The summed E-state index contributed by atoms with van der Waals surface area (Å²) in [4.78, 5) is 32.9. The van der Waals surface area contributed by atoms with Crippen molar-refractivity contribution in [3.8, 4) is 11.5 Å². The molecule has 11 heteroatoms. The van der Waals surface area contributed by atoms with E-state index in [4.69, 9.17) is 34.0 Å². The van der Waals surface area contributed by atoms with Crippen LogP contribution in [0.25, 0.3) is 0 Å². The normalized spacial score (nSPS) is 14.6. The first-order valence-corrected chi connectivity index (χ1v) is 13.6. The van der Waals surface area contributed by atoms with E-state index in [9.17, 15) is 4.79 Å². The maximum absolute atomic E-state index is 12.2. The summed E-state index contributed by atoms with van der Waals surface area (Å²) in [5, 5.41) is 21.1. The second kappa shape index (κ2) is 17.4. The molecule has 3 aromatic rings. The Labute approximate surface area is 245 Å². The van der Waals surface area contributed by atoms with Crippen molar-refractivity contribution in [3.63, 3.8) is 0 Å². The fourth-order valence-corrected chi connectivity index (χ4v) is 4.18. The van der Waals surface area contributed by atoms with Crippen LogP contribution in [0.5, 0.6) is 11.5 Å². The molecule has 1 heterocycles. The highest BCUT2D eigenvalue weighted by molar-refractivity contribution is 6.27. The van der Waals surface area contributed by atoms with Crippen LogP contribution in [-0.2, 0) is 32.2 Å². The summed E-state index contributed by atoms with van der Waals surface area (Å²) in [7, 11) is 0. The van der Waals surface area contributed by atoms with Crippen LogP contribution in [0.1, 0.15) is 18.1 Å². The molecule has 0 saturated carbocycles. The molecular formula is C31H37N3O8. The average Bonchev–Trinajstić information content (AvgIpc) is 2.98. The predicted octanol–water partition coefficient (Wildman–Crippen LogP) is 3.25. The molecule has 1 unspecified atom stereocenters. The zero-order valence-electron chi connectivity index (χ0n) is 23.5.